The molecule has 1 atom stereocenters. The highest BCUT2D eigenvalue weighted by Crippen LogP contribution is 2.21. The second-order valence-corrected chi connectivity index (χ2v) is 6.77. The molecule has 2 N–H and O–H groups in total. The number of carboxylic acid groups (broad SMARTS) is 1. The van der Waals surface area contributed by atoms with Crippen molar-refractivity contribution < 1.29 is 14.7 Å². The highest BCUT2D eigenvalue weighted by Gasteiger charge is 2.17. The van der Waals surface area contributed by atoms with E-state index in [1.165, 1.54) is 0 Å². The van der Waals surface area contributed by atoms with Gasteiger partial charge in [-0.1, -0.05) is 30.3 Å². The summed E-state index contributed by atoms with van der Waals surface area (Å²) in [6, 6.07) is 10.7. The van der Waals surface area contributed by atoms with Crippen LogP contribution in [-0.2, 0) is 16.0 Å². The van der Waals surface area contributed by atoms with Crippen LogP contribution in [0, 0.1) is 0 Å². The molecule has 2 rings (SSSR count). The lowest BCUT2D eigenvalue weighted by atomic mass is 10.0. The minimum Gasteiger partial charge on any atom is -0.481 e. The Balaban J connectivity index is 1.94. The van der Waals surface area contributed by atoms with Gasteiger partial charge in [-0.3, -0.25) is 9.59 Å². The number of carboxylic acids is 1. The highest BCUT2D eigenvalue weighted by molar-refractivity contribution is 9.10. The van der Waals surface area contributed by atoms with Crippen LogP contribution in [0.3, 0.4) is 0 Å². The summed E-state index contributed by atoms with van der Waals surface area (Å²) < 4.78 is 1.01. The summed E-state index contributed by atoms with van der Waals surface area (Å²) in [6.07, 6.45) is 0.868. The van der Waals surface area contributed by atoms with Crippen LogP contribution in [0.5, 0.6) is 0 Å². The number of carbonyl (C=O) groups is 2. The Morgan fingerprint density at radius 2 is 2.00 bits per heavy atom. The van der Waals surface area contributed by atoms with E-state index in [-0.39, 0.29) is 12.3 Å². The van der Waals surface area contributed by atoms with Crippen LogP contribution >= 0.6 is 27.3 Å². The Labute approximate surface area is 141 Å². The number of benzene rings is 1. The van der Waals surface area contributed by atoms with Gasteiger partial charge in [-0.25, -0.2) is 0 Å². The fourth-order valence-corrected chi connectivity index (χ4v) is 3.56. The first-order valence-corrected chi connectivity index (χ1v) is 8.51. The van der Waals surface area contributed by atoms with E-state index >= 15 is 0 Å². The van der Waals surface area contributed by atoms with E-state index in [0.717, 1.165) is 14.9 Å². The van der Waals surface area contributed by atoms with Crippen molar-refractivity contribution in [3.05, 3.63) is 56.7 Å². The second-order valence-electron chi connectivity index (χ2n) is 4.86. The average Bonchev–Trinajstić information content (AvgIpc) is 2.91. The monoisotopic (exact) mass is 381 g/mol. The Bertz CT molecular complexity index is 642. The maximum absolute atomic E-state index is 12.1. The van der Waals surface area contributed by atoms with Gasteiger partial charge in [-0.2, -0.15) is 0 Å². The van der Waals surface area contributed by atoms with E-state index in [4.69, 9.17) is 5.11 Å². The van der Waals surface area contributed by atoms with Crippen LogP contribution in [-0.4, -0.2) is 17.0 Å². The van der Waals surface area contributed by atoms with E-state index in [1.54, 1.807) is 11.3 Å². The Morgan fingerprint density at radius 1 is 1.27 bits per heavy atom. The van der Waals surface area contributed by atoms with Crippen molar-refractivity contribution >= 4 is 39.1 Å². The lowest BCUT2D eigenvalue weighted by molar-refractivity contribution is -0.137. The first-order chi connectivity index (χ1) is 10.5. The molecular weight excluding hydrogens is 366 g/mol. The van der Waals surface area contributed by atoms with Gasteiger partial charge >= 0.3 is 5.97 Å². The molecule has 0 saturated heterocycles. The van der Waals surface area contributed by atoms with Crippen molar-refractivity contribution in [1.82, 2.24) is 5.32 Å². The summed E-state index contributed by atoms with van der Waals surface area (Å²) in [7, 11) is 0. The third-order valence-electron chi connectivity index (χ3n) is 3.14. The zero-order valence-electron chi connectivity index (χ0n) is 11.8. The lowest BCUT2D eigenvalue weighted by Gasteiger charge is -2.17. The van der Waals surface area contributed by atoms with Crippen LogP contribution in [0.4, 0.5) is 0 Å². The molecule has 2 aromatic rings. The fraction of sp³-hybridized carbons (Fsp3) is 0.250. The predicted octanol–water partition coefficient (Wildman–Crippen LogP) is 3.78. The average molecular weight is 382 g/mol. The normalized spacial score (nSPS) is 11.9. The molecule has 1 aromatic carbocycles. The fourth-order valence-electron chi connectivity index (χ4n) is 2.10. The number of hydrogen-bond acceptors (Lipinski definition) is 3. The summed E-state index contributed by atoms with van der Waals surface area (Å²) in [5.41, 5.74) is 0.803. The number of amides is 1. The number of aliphatic carboxylic acids is 1. The number of carbonyl (C=O) groups excluding carboxylic acids is 1. The van der Waals surface area contributed by atoms with Crippen LogP contribution in [0.25, 0.3) is 0 Å². The van der Waals surface area contributed by atoms with Gasteiger partial charge in [0.05, 0.1) is 12.5 Å². The molecule has 0 spiro atoms. The number of aryl methyl sites for hydroxylation is 1. The molecule has 0 aliphatic rings. The van der Waals surface area contributed by atoms with Gasteiger partial charge in [-0.05, 0) is 34.0 Å². The maximum Gasteiger partial charge on any atom is 0.305 e. The van der Waals surface area contributed by atoms with Crippen molar-refractivity contribution in [1.29, 1.82) is 0 Å². The molecule has 22 heavy (non-hydrogen) atoms. The molecule has 1 amide bonds. The molecule has 1 unspecified atom stereocenters. The minimum atomic E-state index is -0.934. The van der Waals surface area contributed by atoms with Gasteiger partial charge in [0.15, 0.2) is 0 Å². The van der Waals surface area contributed by atoms with Crippen LogP contribution in [0.15, 0.2) is 46.3 Å². The quantitative estimate of drug-likeness (QED) is 0.766. The van der Waals surface area contributed by atoms with Crippen molar-refractivity contribution in [3.8, 4) is 0 Å². The first kappa shape index (κ1) is 16.7. The van der Waals surface area contributed by atoms with E-state index in [9.17, 15) is 9.59 Å². The summed E-state index contributed by atoms with van der Waals surface area (Å²) >= 11 is 4.98. The molecule has 4 nitrogen and oxygen atoms in total. The zero-order valence-corrected chi connectivity index (χ0v) is 14.2. The minimum absolute atomic E-state index is 0.125. The molecule has 1 heterocycles. The summed E-state index contributed by atoms with van der Waals surface area (Å²) in [5.74, 6) is -1.07. The molecule has 0 radical (unpaired) electrons. The van der Waals surface area contributed by atoms with Gasteiger partial charge in [0.25, 0.3) is 0 Å². The van der Waals surface area contributed by atoms with Gasteiger partial charge in [-0.15, -0.1) is 11.3 Å². The van der Waals surface area contributed by atoms with Crippen molar-refractivity contribution in [3.63, 3.8) is 0 Å². The van der Waals surface area contributed by atoms with Gasteiger partial charge in [0.2, 0.25) is 5.91 Å². The molecule has 0 aliphatic heterocycles. The SMILES string of the molecule is O=C(O)CC(NC(=O)CCc1cc(Br)cs1)c1ccccc1. The van der Waals surface area contributed by atoms with Gasteiger partial charge < -0.3 is 10.4 Å². The van der Waals surface area contributed by atoms with Crippen molar-refractivity contribution in [2.45, 2.75) is 25.3 Å². The number of hydrogen-bond donors (Lipinski definition) is 2. The first-order valence-electron chi connectivity index (χ1n) is 6.83. The molecule has 0 saturated carbocycles. The third kappa shape index (κ3) is 5.27. The van der Waals surface area contributed by atoms with Crippen molar-refractivity contribution in [2.75, 3.05) is 0 Å². The summed E-state index contributed by atoms with van der Waals surface area (Å²) in [5, 5.41) is 13.8. The summed E-state index contributed by atoms with van der Waals surface area (Å²) in [6.45, 7) is 0. The number of halogens is 1. The number of nitrogens with one attached hydrogen (secondary N) is 1. The standard InChI is InChI=1S/C16H16BrNO3S/c17-12-8-13(22-10-12)6-7-15(19)18-14(9-16(20)21)11-4-2-1-3-5-11/h1-5,8,10,14H,6-7,9H2,(H,18,19)(H,20,21). The maximum atomic E-state index is 12.1. The van der Waals surface area contributed by atoms with E-state index in [1.807, 2.05) is 41.8 Å². The number of thiophene rings is 1. The molecule has 6 heteroatoms. The van der Waals surface area contributed by atoms with E-state index in [2.05, 4.69) is 21.2 Å². The molecule has 0 fully saturated rings. The van der Waals surface area contributed by atoms with Gasteiger partial charge in [0.1, 0.15) is 0 Å². The zero-order chi connectivity index (χ0) is 15.9. The van der Waals surface area contributed by atoms with E-state index < -0.39 is 12.0 Å². The Hall–Kier alpha value is -1.66. The molecule has 116 valence electrons. The number of rotatable bonds is 7. The largest absolute Gasteiger partial charge is 0.481 e. The van der Waals surface area contributed by atoms with Crippen LogP contribution < -0.4 is 5.32 Å². The second kappa shape index (κ2) is 8.10. The van der Waals surface area contributed by atoms with E-state index in [0.29, 0.717) is 12.8 Å². The van der Waals surface area contributed by atoms with Crippen LogP contribution in [0.2, 0.25) is 0 Å². The third-order valence-corrected chi connectivity index (χ3v) is 4.89. The lowest BCUT2D eigenvalue weighted by Crippen LogP contribution is -2.30. The van der Waals surface area contributed by atoms with Crippen molar-refractivity contribution in [2.24, 2.45) is 0 Å². The smallest absolute Gasteiger partial charge is 0.305 e. The Kier molecular flexibility index (Phi) is 6.15. The molecule has 0 aliphatic carbocycles. The molecule has 0 bridgehead atoms. The van der Waals surface area contributed by atoms with Gasteiger partial charge in [0, 0.05) is 21.2 Å². The predicted molar refractivity (Wildman–Crippen MR) is 89.9 cm³/mol. The molecular formula is C16H16BrNO3S. The summed E-state index contributed by atoms with van der Waals surface area (Å²) in [4.78, 5) is 24.2. The Morgan fingerprint density at radius 3 is 2.59 bits per heavy atom. The highest BCUT2D eigenvalue weighted by atomic mass is 79.9. The molecule has 1 aromatic heterocycles. The van der Waals surface area contributed by atoms with Crippen LogP contribution in [0.1, 0.15) is 29.3 Å². The topological polar surface area (TPSA) is 66.4 Å².